The van der Waals surface area contributed by atoms with Crippen molar-refractivity contribution < 1.29 is 9.53 Å². The Morgan fingerprint density at radius 2 is 2.26 bits per heavy atom. The van der Waals surface area contributed by atoms with Crippen LogP contribution in [0.5, 0.6) is 5.75 Å². The first-order valence-electron chi connectivity index (χ1n) is 6.74. The molecule has 1 aromatic rings. The number of carbonyl (C=O) groups is 1. The molecule has 0 aliphatic carbocycles. The van der Waals surface area contributed by atoms with E-state index in [1.165, 1.54) is 0 Å². The first-order chi connectivity index (χ1) is 9.27. The van der Waals surface area contributed by atoms with Crippen LogP contribution in [0.3, 0.4) is 0 Å². The van der Waals surface area contributed by atoms with Crippen LogP contribution in [0.2, 0.25) is 0 Å². The van der Waals surface area contributed by atoms with Crippen molar-refractivity contribution in [2.45, 2.75) is 19.4 Å². The van der Waals surface area contributed by atoms with Crippen LogP contribution >= 0.6 is 0 Å². The van der Waals surface area contributed by atoms with Crippen LogP contribution in [0, 0.1) is 0 Å². The molecule has 1 aliphatic rings. The third-order valence-electron chi connectivity index (χ3n) is 3.25. The number of nitrogens with one attached hydrogen (secondary N) is 1. The number of ether oxygens (including phenoxy) is 1. The number of hydrogen-bond acceptors (Lipinski definition) is 4. The van der Waals surface area contributed by atoms with E-state index in [2.05, 4.69) is 5.32 Å². The first kappa shape index (κ1) is 13.7. The zero-order valence-corrected chi connectivity index (χ0v) is 11.3. The summed E-state index contributed by atoms with van der Waals surface area (Å²) in [5.41, 5.74) is 6.71. The van der Waals surface area contributed by atoms with Crippen molar-refractivity contribution >= 4 is 11.6 Å². The van der Waals surface area contributed by atoms with Gasteiger partial charge in [-0.1, -0.05) is 12.1 Å². The van der Waals surface area contributed by atoms with Crippen LogP contribution in [-0.4, -0.2) is 38.2 Å². The van der Waals surface area contributed by atoms with Gasteiger partial charge in [-0.3, -0.25) is 4.79 Å². The van der Waals surface area contributed by atoms with Crippen molar-refractivity contribution in [2.24, 2.45) is 5.73 Å². The summed E-state index contributed by atoms with van der Waals surface area (Å²) in [7, 11) is 0. The van der Waals surface area contributed by atoms with Gasteiger partial charge in [0.05, 0.1) is 12.3 Å². The van der Waals surface area contributed by atoms with Crippen LogP contribution in [0.25, 0.3) is 0 Å². The number of benzene rings is 1. The van der Waals surface area contributed by atoms with Crippen LogP contribution in [0.4, 0.5) is 5.69 Å². The van der Waals surface area contributed by atoms with E-state index in [4.69, 9.17) is 10.5 Å². The van der Waals surface area contributed by atoms with Crippen molar-refractivity contribution in [1.82, 2.24) is 5.32 Å². The molecule has 1 amide bonds. The average Bonchev–Trinajstić information content (AvgIpc) is 2.61. The van der Waals surface area contributed by atoms with E-state index in [0.29, 0.717) is 19.7 Å². The zero-order chi connectivity index (χ0) is 13.7. The topological polar surface area (TPSA) is 67.6 Å². The Morgan fingerprint density at radius 3 is 3.00 bits per heavy atom. The second-order valence-corrected chi connectivity index (χ2v) is 4.49. The van der Waals surface area contributed by atoms with E-state index >= 15 is 0 Å². The lowest BCUT2D eigenvalue weighted by Gasteiger charge is -2.30. The molecule has 19 heavy (non-hydrogen) atoms. The highest BCUT2D eigenvalue weighted by Gasteiger charge is 2.28. The van der Waals surface area contributed by atoms with Crippen LogP contribution in [0.15, 0.2) is 24.3 Å². The van der Waals surface area contributed by atoms with Crippen molar-refractivity contribution in [1.29, 1.82) is 0 Å². The summed E-state index contributed by atoms with van der Waals surface area (Å²) in [5.74, 6) is 0.796. The van der Waals surface area contributed by atoms with Crippen LogP contribution < -0.4 is 20.7 Å². The van der Waals surface area contributed by atoms with E-state index in [1.807, 2.05) is 36.1 Å². The molecule has 3 N–H and O–H groups in total. The molecular weight excluding hydrogens is 242 g/mol. The smallest absolute Gasteiger partial charge is 0.244 e. The summed E-state index contributed by atoms with van der Waals surface area (Å²) >= 11 is 0. The minimum absolute atomic E-state index is 0.00805. The maximum absolute atomic E-state index is 12.0. The molecule has 0 spiro atoms. The van der Waals surface area contributed by atoms with Gasteiger partial charge in [-0.25, -0.2) is 0 Å². The number of para-hydroxylation sites is 2. The van der Waals surface area contributed by atoms with Gasteiger partial charge in [0.2, 0.25) is 5.91 Å². The van der Waals surface area contributed by atoms with Gasteiger partial charge in [0, 0.05) is 19.6 Å². The molecule has 1 fully saturated rings. The number of anilines is 1. The molecule has 1 atom stereocenters. The summed E-state index contributed by atoms with van der Waals surface area (Å²) < 4.78 is 5.64. The second kappa shape index (κ2) is 6.43. The summed E-state index contributed by atoms with van der Waals surface area (Å²) in [5, 5.41) is 2.90. The van der Waals surface area contributed by atoms with Crippen molar-refractivity contribution in [3.05, 3.63) is 24.3 Å². The Balaban J connectivity index is 2.34. The number of rotatable bonds is 4. The fraction of sp³-hybridized carbons (Fsp3) is 0.500. The quantitative estimate of drug-likeness (QED) is 0.841. The first-order valence-corrected chi connectivity index (χ1v) is 6.74. The standard InChI is InChI=1S/C14H21N3O2/c1-2-19-13-7-4-3-6-11(13)17-9-5-8-16-14(18)12(17)10-15/h3-4,6-7,12H,2,5,8-10,15H2,1H3,(H,16,18). The highest BCUT2D eigenvalue weighted by molar-refractivity contribution is 5.86. The molecule has 104 valence electrons. The van der Waals surface area contributed by atoms with Crippen LogP contribution in [-0.2, 0) is 4.79 Å². The minimum atomic E-state index is -0.330. The van der Waals surface area contributed by atoms with Gasteiger partial charge in [-0.05, 0) is 25.5 Å². The fourth-order valence-corrected chi connectivity index (χ4v) is 2.37. The van der Waals surface area contributed by atoms with Gasteiger partial charge in [-0.2, -0.15) is 0 Å². The minimum Gasteiger partial charge on any atom is -0.492 e. The molecule has 1 aromatic carbocycles. The fourth-order valence-electron chi connectivity index (χ4n) is 2.37. The molecule has 0 saturated carbocycles. The Hall–Kier alpha value is -1.75. The zero-order valence-electron chi connectivity index (χ0n) is 11.3. The molecule has 0 bridgehead atoms. The number of amides is 1. The lowest BCUT2D eigenvalue weighted by atomic mass is 10.1. The van der Waals surface area contributed by atoms with E-state index in [0.717, 1.165) is 24.4 Å². The average molecular weight is 263 g/mol. The van der Waals surface area contributed by atoms with Gasteiger partial charge in [0.1, 0.15) is 11.8 Å². The highest BCUT2D eigenvalue weighted by atomic mass is 16.5. The molecule has 0 aromatic heterocycles. The number of nitrogens with two attached hydrogens (primary N) is 1. The predicted molar refractivity (Wildman–Crippen MR) is 75.4 cm³/mol. The molecular formula is C14H21N3O2. The molecule has 5 nitrogen and oxygen atoms in total. The summed E-state index contributed by atoms with van der Waals surface area (Å²) in [6.07, 6.45) is 0.905. The van der Waals surface area contributed by atoms with Gasteiger partial charge in [-0.15, -0.1) is 0 Å². The van der Waals surface area contributed by atoms with E-state index in [1.54, 1.807) is 0 Å². The van der Waals surface area contributed by atoms with E-state index in [-0.39, 0.29) is 11.9 Å². The molecule has 1 aliphatic heterocycles. The number of hydrogen-bond donors (Lipinski definition) is 2. The predicted octanol–water partition coefficient (Wildman–Crippen LogP) is 0.739. The van der Waals surface area contributed by atoms with Gasteiger partial charge >= 0.3 is 0 Å². The number of carbonyl (C=O) groups excluding carboxylic acids is 1. The lowest BCUT2D eigenvalue weighted by molar-refractivity contribution is -0.121. The third kappa shape index (κ3) is 2.98. The molecule has 5 heteroatoms. The van der Waals surface area contributed by atoms with Crippen LogP contribution in [0.1, 0.15) is 13.3 Å². The SMILES string of the molecule is CCOc1ccccc1N1CCCNC(=O)C1CN. The van der Waals surface area contributed by atoms with Gasteiger partial charge < -0.3 is 20.7 Å². The van der Waals surface area contributed by atoms with Gasteiger partial charge in [0.25, 0.3) is 0 Å². The second-order valence-electron chi connectivity index (χ2n) is 4.49. The molecule has 2 rings (SSSR count). The van der Waals surface area contributed by atoms with Gasteiger partial charge in [0.15, 0.2) is 0 Å². The lowest BCUT2D eigenvalue weighted by Crippen LogP contribution is -2.49. The monoisotopic (exact) mass is 263 g/mol. The highest BCUT2D eigenvalue weighted by Crippen LogP contribution is 2.30. The van der Waals surface area contributed by atoms with E-state index < -0.39 is 0 Å². The van der Waals surface area contributed by atoms with Crippen molar-refractivity contribution in [2.75, 3.05) is 31.1 Å². The molecule has 1 unspecified atom stereocenters. The largest absolute Gasteiger partial charge is 0.492 e. The van der Waals surface area contributed by atoms with E-state index in [9.17, 15) is 4.79 Å². The molecule has 1 heterocycles. The normalized spacial score (nSPS) is 19.8. The third-order valence-corrected chi connectivity index (χ3v) is 3.25. The Morgan fingerprint density at radius 1 is 1.47 bits per heavy atom. The Labute approximate surface area is 113 Å². The summed E-state index contributed by atoms with van der Waals surface area (Å²) in [4.78, 5) is 14.1. The Bertz CT molecular complexity index is 436. The molecule has 1 saturated heterocycles. The molecule has 0 radical (unpaired) electrons. The summed E-state index contributed by atoms with van der Waals surface area (Å²) in [6, 6.07) is 7.46. The van der Waals surface area contributed by atoms with Crippen molar-refractivity contribution in [3.63, 3.8) is 0 Å². The number of nitrogens with zero attached hydrogens (tertiary/aromatic N) is 1. The summed E-state index contributed by atoms with van der Waals surface area (Å²) in [6.45, 7) is 4.34. The van der Waals surface area contributed by atoms with Crippen molar-refractivity contribution in [3.8, 4) is 5.75 Å². The Kier molecular flexibility index (Phi) is 4.63. The maximum atomic E-state index is 12.0. The maximum Gasteiger partial charge on any atom is 0.244 e.